The van der Waals surface area contributed by atoms with Gasteiger partial charge in [0.15, 0.2) is 0 Å². The van der Waals surface area contributed by atoms with Gasteiger partial charge in [-0.3, -0.25) is 0 Å². The zero-order valence-electron chi connectivity index (χ0n) is 11.3. The summed E-state index contributed by atoms with van der Waals surface area (Å²) >= 11 is 0. The van der Waals surface area contributed by atoms with Crippen LogP contribution in [0.1, 0.15) is 66.7 Å². The highest BCUT2D eigenvalue weighted by Crippen LogP contribution is 2.18. The molecule has 0 unspecified atom stereocenters. The second kappa shape index (κ2) is 7.73. The lowest BCUT2D eigenvalue weighted by Gasteiger charge is -2.12. The first kappa shape index (κ1) is 14.5. The van der Waals surface area contributed by atoms with E-state index in [0.717, 1.165) is 0 Å². The molecule has 0 aliphatic carbocycles. The van der Waals surface area contributed by atoms with Crippen molar-refractivity contribution in [2.45, 2.75) is 66.7 Å². The molecular weight excluding hydrogens is 180 g/mol. The van der Waals surface area contributed by atoms with E-state index in [-0.39, 0.29) is 0 Å². The molecule has 0 rings (SSSR count). The SMILES string of the molecule is CCCCCC/C=C\C(C)=C/C(C)(C)C. The van der Waals surface area contributed by atoms with Crippen LogP contribution in [0.4, 0.5) is 0 Å². The summed E-state index contributed by atoms with van der Waals surface area (Å²) in [7, 11) is 0. The molecule has 0 heteroatoms. The van der Waals surface area contributed by atoms with E-state index in [1.54, 1.807) is 0 Å². The van der Waals surface area contributed by atoms with Gasteiger partial charge in [0, 0.05) is 0 Å². The predicted molar refractivity (Wildman–Crippen MR) is 71.1 cm³/mol. The highest BCUT2D eigenvalue weighted by Gasteiger charge is 2.04. The van der Waals surface area contributed by atoms with Crippen LogP contribution in [0.25, 0.3) is 0 Å². The van der Waals surface area contributed by atoms with Gasteiger partial charge in [-0.25, -0.2) is 0 Å². The maximum atomic E-state index is 2.33. The van der Waals surface area contributed by atoms with E-state index in [1.807, 2.05) is 0 Å². The summed E-state index contributed by atoms with van der Waals surface area (Å²) in [6.07, 6.45) is 13.6. The molecule has 15 heavy (non-hydrogen) atoms. The van der Waals surface area contributed by atoms with Crippen LogP contribution < -0.4 is 0 Å². The summed E-state index contributed by atoms with van der Waals surface area (Å²) in [4.78, 5) is 0. The minimum atomic E-state index is 0.302. The van der Waals surface area contributed by atoms with Crippen molar-refractivity contribution >= 4 is 0 Å². The topological polar surface area (TPSA) is 0 Å². The van der Waals surface area contributed by atoms with Gasteiger partial charge in [0.2, 0.25) is 0 Å². The van der Waals surface area contributed by atoms with E-state index in [1.165, 1.54) is 37.7 Å². The maximum absolute atomic E-state index is 2.33. The molecule has 0 aliphatic rings. The van der Waals surface area contributed by atoms with Crippen molar-refractivity contribution in [3.05, 3.63) is 23.8 Å². The zero-order valence-corrected chi connectivity index (χ0v) is 11.3. The third-order valence-electron chi connectivity index (χ3n) is 2.27. The quantitative estimate of drug-likeness (QED) is 0.399. The van der Waals surface area contributed by atoms with Gasteiger partial charge >= 0.3 is 0 Å². The van der Waals surface area contributed by atoms with Gasteiger partial charge in [-0.2, -0.15) is 0 Å². The molecule has 0 saturated carbocycles. The van der Waals surface area contributed by atoms with Gasteiger partial charge in [0.25, 0.3) is 0 Å². The van der Waals surface area contributed by atoms with Crippen LogP contribution >= 0.6 is 0 Å². The third kappa shape index (κ3) is 11.4. The van der Waals surface area contributed by atoms with Crippen molar-refractivity contribution in [3.63, 3.8) is 0 Å². The Bertz CT molecular complexity index is 201. The van der Waals surface area contributed by atoms with Crippen LogP contribution in [0.3, 0.4) is 0 Å². The van der Waals surface area contributed by atoms with Gasteiger partial charge in [-0.1, -0.05) is 70.8 Å². The summed E-state index contributed by atoms with van der Waals surface area (Å²) in [6, 6.07) is 0. The van der Waals surface area contributed by atoms with E-state index < -0.39 is 0 Å². The van der Waals surface area contributed by atoms with Crippen LogP contribution in [0.2, 0.25) is 0 Å². The summed E-state index contributed by atoms with van der Waals surface area (Å²) in [5.74, 6) is 0. The molecule has 0 saturated heterocycles. The van der Waals surface area contributed by atoms with Crippen LogP contribution in [0.5, 0.6) is 0 Å². The molecule has 0 aromatic carbocycles. The van der Waals surface area contributed by atoms with Crippen LogP contribution in [0.15, 0.2) is 23.8 Å². The normalized spacial score (nSPS) is 13.8. The summed E-state index contributed by atoms with van der Waals surface area (Å²) in [5, 5.41) is 0. The number of rotatable bonds is 6. The standard InChI is InChI=1S/C15H28/c1-6-7-8-9-10-11-12-14(2)13-15(3,4)5/h11-13H,6-10H2,1-5H3/b12-11-,14-13-. The highest BCUT2D eigenvalue weighted by atomic mass is 14.1. The Morgan fingerprint density at radius 3 is 2.27 bits per heavy atom. The highest BCUT2D eigenvalue weighted by molar-refractivity contribution is 5.18. The van der Waals surface area contributed by atoms with Crippen molar-refractivity contribution < 1.29 is 0 Å². The van der Waals surface area contributed by atoms with Crippen molar-refractivity contribution in [1.82, 2.24) is 0 Å². The number of unbranched alkanes of at least 4 members (excludes halogenated alkanes) is 4. The van der Waals surface area contributed by atoms with Crippen LogP contribution in [0, 0.1) is 5.41 Å². The van der Waals surface area contributed by atoms with Crippen molar-refractivity contribution in [1.29, 1.82) is 0 Å². The minimum Gasteiger partial charge on any atom is -0.0843 e. The third-order valence-corrected chi connectivity index (χ3v) is 2.27. The van der Waals surface area contributed by atoms with Gasteiger partial charge in [-0.15, -0.1) is 0 Å². The Hall–Kier alpha value is -0.520. The fourth-order valence-electron chi connectivity index (χ4n) is 1.69. The molecule has 0 fully saturated rings. The monoisotopic (exact) mass is 208 g/mol. The van der Waals surface area contributed by atoms with Crippen molar-refractivity contribution in [3.8, 4) is 0 Å². The van der Waals surface area contributed by atoms with Gasteiger partial charge in [0.1, 0.15) is 0 Å². The molecule has 0 aromatic rings. The Morgan fingerprint density at radius 1 is 1.07 bits per heavy atom. The largest absolute Gasteiger partial charge is 0.0843 e. The predicted octanol–water partition coefficient (Wildman–Crippen LogP) is 5.51. The van der Waals surface area contributed by atoms with Gasteiger partial charge < -0.3 is 0 Å². The molecule has 0 amide bonds. The minimum absolute atomic E-state index is 0.302. The first-order chi connectivity index (χ1) is 6.95. The molecule has 0 nitrogen and oxygen atoms in total. The lowest BCUT2D eigenvalue weighted by Crippen LogP contribution is -1.99. The Balaban J connectivity index is 3.72. The summed E-state index contributed by atoms with van der Waals surface area (Å²) in [6.45, 7) is 11.2. The number of hydrogen-bond acceptors (Lipinski definition) is 0. The Labute approximate surface area is 96.5 Å². The molecule has 88 valence electrons. The van der Waals surface area contributed by atoms with E-state index in [9.17, 15) is 0 Å². The molecule has 0 bridgehead atoms. The lowest BCUT2D eigenvalue weighted by atomic mass is 9.94. The number of allylic oxidation sites excluding steroid dienone is 4. The zero-order chi connectivity index (χ0) is 11.7. The van der Waals surface area contributed by atoms with Crippen LogP contribution in [-0.4, -0.2) is 0 Å². The van der Waals surface area contributed by atoms with E-state index in [4.69, 9.17) is 0 Å². The summed E-state index contributed by atoms with van der Waals surface area (Å²) < 4.78 is 0. The summed E-state index contributed by atoms with van der Waals surface area (Å²) in [5.41, 5.74) is 1.69. The van der Waals surface area contributed by atoms with E-state index in [2.05, 4.69) is 52.8 Å². The van der Waals surface area contributed by atoms with Crippen molar-refractivity contribution in [2.75, 3.05) is 0 Å². The molecule has 0 atom stereocenters. The molecule has 0 aromatic heterocycles. The average molecular weight is 208 g/mol. The van der Waals surface area contributed by atoms with Gasteiger partial charge in [-0.05, 0) is 25.2 Å². The fourth-order valence-corrected chi connectivity index (χ4v) is 1.69. The van der Waals surface area contributed by atoms with E-state index >= 15 is 0 Å². The Morgan fingerprint density at radius 2 is 1.73 bits per heavy atom. The lowest BCUT2D eigenvalue weighted by molar-refractivity contribution is 0.541. The molecule has 0 heterocycles. The second-order valence-electron chi connectivity index (χ2n) is 5.51. The average Bonchev–Trinajstić information content (AvgIpc) is 2.08. The fraction of sp³-hybridized carbons (Fsp3) is 0.733. The molecular formula is C15H28. The molecule has 0 radical (unpaired) electrons. The molecule has 0 spiro atoms. The molecule has 0 N–H and O–H groups in total. The Kier molecular flexibility index (Phi) is 7.46. The van der Waals surface area contributed by atoms with Crippen LogP contribution in [-0.2, 0) is 0 Å². The second-order valence-corrected chi connectivity index (χ2v) is 5.51. The van der Waals surface area contributed by atoms with Gasteiger partial charge in [0.05, 0.1) is 0 Å². The smallest absolute Gasteiger partial charge is 0.0197 e. The first-order valence-electron chi connectivity index (χ1n) is 6.31. The maximum Gasteiger partial charge on any atom is -0.0197 e. The molecule has 0 aliphatic heterocycles. The number of hydrogen-bond donors (Lipinski definition) is 0. The van der Waals surface area contributed by atoms with Crippen molar-refractivity contribution in [2.24, 2.45) is 5.41 Å². The first-order valence-corrected chi connectivity index (χ1v) is 6.31. The van der Waals surface area contributed by atoms with E-state index in [0.29, 0.717) is 5.41 Å².